The second kappa shape index (κ2) is 5.44. The van der Waals surface area contributed by atoms with E-state index in [-0.39, 0.29) is 0 Å². The molecule has 0 radical (unpaired) electrons. The first-order chi connectivity index (χ1) is 10.2. The minimum Gasteiger partial charge on any atom is -0.492 e. The minimum atomic E-state index is 0.605. The van der Waals surface area contributed by atoms with Gasteiger partial charge in [-0.25, -0.2) is 4.98 Å². The zero-order chi connectivity index (χ0) is 14.8. The molecule has 3 nitrogen and oxygen atoms in total. The lowest BCUT2D eigenvalue weighted by molar-refractivity contribution is 0.297. The molecule has 0 saturated carbocycles. The predicted molar refractivity (Wildman–Crippen MR) is 86.0 cm³/mol. The number of pyridine rings is 1. The lowest BCUT2D eigenvalue weighted by atomic mass is 10.1. The minimum absolute atomic E-state index is 0.605. The molecule has 0 atom stereocenters. The maximum atomic E-state index is 5.53. The average molecular weight is 278 g/mol. The molecule has 0 aliphatic carbocycles. The molecule has 0 bridgehead atoms. The topological polar surface area (TPSA) is 26.5 Å². The summed E-state index contributed by atoms with van der Waals surface area (Å²) in [6, 6.07) is 14.5. The second-order valence-corrected chi connectivity index (χ2v) is 4.91. The molecule has 0 spiro atoms. The van der Waals surface area contributed by atoms with E-state index in [2.05, 4.69) is 35.8 Å². The fourth-order valence-electron chi connectivity index (χ4n) is 2.55. The molecule has 2 heterocycles. The van der Waals surface area contributed by atoms with Gasteiger partial charge in [-0.15, -0.1) is 0 Å². The number of hydrogen-bond donors (Lipinski definition) is 0. The number of nitrogens with zero attached hydrogens (tertiary/aromatic N) is 2. The van der Waals surface area contributed by atoms with Crippen LogP contribution in [0.4, 0.5) is 0 Å². The van der Waals surface area contributed by atoms with Gasteiger partial charge in [-0.05, 0) is 37.1 Å². The normalized spacial score (nSPS) is 10.8. The summed E-state index contributed by atoms with van der Waals surface area (Å²) in [5.74, 6) is 0.662. The van der Waals surface area contributed by atoms with E-state index in [1.807, 2.05) is 42.6 Å². The number of hydrogen-bond acceptors (Lipinski definition) is 2. The van der Waals surface area contributed by atoms with Crippen LogP contribution in [0, 0.1) is 6.92 Å². The van der Waals surface area contributed by atoms with Crippen molar-refractivity contribution in [1.29, 1.82) is 0 Å². The third kappa shape index (κ3) is 2.42. The van der Waals surface area contributed by atoms with E-state index >= 15 is 0 Å². The molecule has 3 aromatic rings. The van der Waals surface area contributed by atoms with Crippen molar-refractivity contribution >= 4 is 11.4 Å². The molecule has 21 heavy (non-hydrogen) atoms. The van der Waals surface area contributed by atoms with E-state index in [1.54, 1.807) is 0 Å². The molecule has 0 aliphatic rings. The van der Waals surface area contributed by atoms with Crippen molar-refractivity contribution in [2.75, 3.05) is 6.61 Å². The van der Waals surface area contributed by atoms with E-state index in [4.69, 9.17) is 4.74 Å². The summed E-state index contributed by atoms with van der Waals surface area (Å²) in [6.07, 6.45) is 2.02. The van der Waals surface area contributed by atoms with Crippen LogP contribution in [0.15, 0.2) is 55.2 Å². The zero-order valence-corrected chi connectivity index (χ0v) is 12.3. The molecule has 3 rings (SSSR count). The predicted octanol–water partition coefficient (Wildman–Crippen LogP) is 4.32. The number of imidazole rings is 1. The molecule has 0 amide bonds. The molecule has 0 fully saturated rings. The Kier molecular flexibility index (Phi) is 3.48. The first kappa shape index (κ1) is 13.4. The van der Waals surface area contributed by atoms with Crippen LogP contribution in [0.2, 0.25) is 0 Å². The van der Waals surface area contributed by atoms with Gasteiger partial charge in [0.15, 0.2) is 0 Å². The average Bonchev–Trinajstić information content (AvgIpc) is 2.83. The van der Waals surface area contributed by atoms with E-state index in [9.17, 15) is 0 Å². The van der Waals surface area contributed by atoms with Crippen LogP contribution < -0.4 is 0 Å². The zero-order valence-electron chi connectivity index (χ0n) is 12.3. The summed E-state index contributed by atoms with van der Waals surface area (Å²) < 4.78 is 7.56. The van der Waals surface area contributed by atoms with Gasteiger partial charge in [-0.2, -0.15) is 0 Å². The van der Waals surface area contributed by atoms with Gasteiger partial charge in [0, 0.05) is 6.20 Å². The van der Waals surface area contributed by atoms with Crippen molar-refractivity contribution in [2.45, 2.75) is 13.8 Å². The Morgan fingerprint density at radius 3 is 2.67 bits per heavy atom. The Morgan fingerprint density at radius 1 is 1.19 bits per heavy atom. The molecule has 1 aromatic carbocycles. The molecule has 2 aromatic heterocycles. The molecule has 3 heteroatoms. The van der Waals surface area contributed by atoms with Crippen LogP contribution in [0.3, 0.4) is 0 Å². The third-order valence-electron chi connectivity index (χ3n) is 3.49. The highest BCUT2D eigenvalue weighted by Gasteiger charge is 2.13. The maximum Gasteiger partial charge on any atom is 0.138 e. The van der Waals surface area contributed by atoms with Crippen molar-refractivity contribution in [3.63, 3.8) is 0 Å². The van der Waals surface area contributed by atoms with Crippen molar-refractivity contribution in [3.05, 3.63) is 66.6 Å². The summed E-state index contributed by atoms with van der Waals surface area (Å²) in [5.41, 5.74) is 5.11. The van der Waals surface area contributed by atoms with Gasteiger partial charge in [0.1, 0.15) is 17.1 Å². The maximum absolute atomic E-state index is 5.53. The Labute approximate surface area is 124 Å². The largest absolute Gasteiger partial charge is 0.492 e. The van der Waals surface area contributed by atoms with Gasteiger partial charge in [0.25, 0.3) is 0 Å². The molecule has 0 N–H and O–H groups in total. The highest BCUT2D eigenvalue weighted by Crippen LogP contribution is 2.25. The van der Waals surface area contributed by atoms with Gasteiger partial charge < -0.3 is 4.74 Å². The fourth-order valence-corrected chi connectivity index (χ4v) is 2.55. The number of aryl methyl sites for hydroxylation is 1. The van der Waals surface area contributed by atoms with Gasteiger partial charge in [0.05, 0.1) is 12.3 Å². The fraction of sp³-hybridized carbons (Fsp3) is 0.167. The van der Waals surface area contributed by atoms with Crippen molar-refractivity contribution in [3.8, 4) is 11.1 Å². The summed E-state index contributed by atoms with van der Waals surface area (Å²) in [7, 11) is 0. The summed E-state index contributed by atoms with van der Waals surface area (Å²) in [5, 5.41) is 0. The molecule has 0 aliphatic heterocycles. The first-order valence-corrected chi connectivity index (χ1v) is 7.07. The van der Waals surface area contributed by atoms with E-state index in [0.717, 1.165) is 22.6 Å². The summed E-state index contributed by atoms with van der Waals surface area (Å²) >= 11 is 0. The number of rotatable bonds is 4. The SMILES string of the molecule is C=C(OCC)c1c(C)nc2cc(-c3ccccc3)ccn12. The number of fused-ring (bicyclic) bond motifs is 1. The number of benzene rings is 1. The Morgan fingerprint density at radius 2 is 1.95 bits per heavy atom. The second-order valence-electron chi connectivity index (χ2n) is 4.91. The van der Waals surface area contributed by atoms with E-state index in [1.165, 1.54) is 5.56 Å². The lowest BCUT2D eigenvalue weighted by Crippen LogP contribution is -1.97. The van der Waals surface area contributed by atoms with Crippen LogP contribution in [0.1, 0.15) is 18.3 Å². The molecular formula is C18H18N2O. The van der Waals surface area contributed by atoms with Gasteiger partial charge in [-0.3, -0.25) is 4.40 Å². The molecule has 0 saturated heterocycles. The number of aromatic nitrogens is 2. The summed E-state index contributed by atoms with van der Waals surface area (Å²) in [4.78, 5) is 4.62. The van der Waals surface area contributed by atoms with Crippen LogP contribution in [-0.4, -0.2) is 16.0 Å². The van der Waals surface area contributed by atoms with Crippen molar-refractivity contribution in [2.24, 2.45) is 0 Å². The standard InChI is InChI=1S/C18H18N2O/c1-4-21-14(3)18-13(2)19-17-12-16(10-11-20(17)18)15-8-6-5-7-9-15/h5-12H,3-4H2,1-2H3. The van der Waals surface area contributed by atoms with Crippen LogP contribution in [0.25, 0.3) is 22.5 Å². The van der Waals surface area contributed by atoms with Gasteiger partial charge >= 0.3 is 0 Å². The summed E-state index contributed by atoms with van der Waals surface area (Å²) in [6.45, 7) is 8.54. The van der Waals surface area contributed by atoms with E-state index in [0.29, 0.717) is 12.4 Å². The first-order valence-electron chi connectivity index (χ1n) is 7.07. The lowest BCUT2D eigenvalue weighted by Gasteiger charge is -2.08. The molecular weight excluding hydrogens is 260 g/mol. The van der Waals surface area contributed by atoms with Gasteiger partial charge in [-0.1, -0.05) is 36.9 Å². The van der Waals surface area contributed by atoms with Crippen LogP contribution >= 0.6 is 0 Å². The highest BCUT2D eigenvalue weighted by atomic mass is 16.5. The van der Waals surface area contributed by atoms with Crippen LogP contribution in [0.5, 0.6) is 0 Å². The Bertz CT molecular complexity index is 788. The smallest absolute Gasteiger partial charge is 0.138 e. The Balaban J connectivity index is 2.11. The van der Waals surface area contributed by atoms with Crippen molar-refractivity contribution in [1.82, 2.24) is 9.38 Å². The monoisotopic (exact) mass is 278 g/mol. The molecule has 0 unspecified atom stereocenters. The van der Waals surface area contributed by atoms with Crippen molar-refractivity contribution < 1.29 is 4.74 Å². The van der Waals surface area contributed by atoms with Gasteiger partial charge in [0.2, 0.25) is 0 Å². The molecule has 106 valence electrons. The highest BCUT2D eigenvalue weighted by molar-refractivity contribution is 5.70. The van der Waals surface area contributed by atoms with E-state index < -0.39 is 0 Å². The third-order valence-corrected chi connectivity index (χ3v) is 3.49. The quantitative estimate of drug-likeness (QED) is 0.664. The number of ether oxygens (including phenoxy) is 1. The Hall–Kier alpha value is -2.55. The van der Waals surface area contributed by atoms with Crippen LogP contribution in [-0.2, 0) is 4.74 Å².